The van der Waals surface area contributed by atoms with Crippen LogP contribution in [0.15, 0.2) is 48.1 Å². The Morgan fingerprint density at radius 1 is 1.20 bits per heavy atom. The van der Waals surface area contributed by atoms with Crippen LogP contribution in [0.4, 0.5) is 0 Å². The molecule has 1 nitrogen and oxygen atoms in total. The van der Waals surface area contributed by atoms with E-state index >= 15 is 0 Å². The highest BCUT2D eigenvalue weighted by Crippen LogP contribution is 2.50. The van der Waals surface area contributed by atoms with E-state index < -0.39 is 0 Å². The summed E-state index contributed by atoms with van der Waals surface area (Å²) in [6, 6.07) is 10.1. The zero-order chi connectivity index (χ0) is 14.0. The molecule has 1 aromatic rings. The molecule has 0 radical (unpaired) electrons. The van der Waals surface area contributed by atoms with Gasteiger partial charge < -0.3 is 0 Å². The average Bonchev–Trinajstić information content (AvgIpc) is 3.32. The Labute approximate surface area is 121 Å². The predicted octanol–water partition coefficient (Wildman–Crippen LogP) is 4.79. The number of hydrogen-bond acceptors (Lipinski definition) is 1. The zero-order valence-corrected chi connectivity index (χ0v) is 12.1. The Bertz CT molecular complexity index is 581. The molecule has 2 aliphatic carbocycles. The molecule has 0 saturated heterocycles. The molecule has 0 aromatic heterocycles. The van der Waals surface area contributed by atoms with E-state index in [2.05, 4.69) is 43.4 Å². The molecular formula is C19H21N. The van der Waals surface area contributed by atoms with Gasteiger partial charge in [0.05, 0.1) is 11.6 Å². The van der Waals surface area contributed by atoms with E-state index in [1.807, 2.05) is 12.1 Å². The van der Waals surface area contributed by atoms with E-state index in [0.29, 0.717) is 5.41 Å². The van der Waals surface area contributed by atoms with Crippen LogP contribution in [0.5, 0.6) is 0 Å². The molecule has 1 fully saturated rings. The molecule has 0 heterocycles. The number of hydrogen-bond donors (Lipinski definition) is 0. The van der Waals surface area contributed by atoms with Crippen LogP contribution < -0.4 is 0 Å². The minimum atomic E-state index is 0.429. The van der Waals surface area contributed by atoms with Gasteiger partial charge in [-0.1, -0.05) is 42.9 Å². The van der Waals surface area contributed by atoms with E-state index in [9.17, 15) is 0 Å². The minimum absolute atomic E-state index is 0.429. The summed E-state index contributed by atoms with van der Waals surface area (Å²) < 4.78 is 0. The van der Waals surface area contributed by atoms with Crippen molar-refractivity contribution in [2.24, 2.45) is 11.3 Å². The van der Waals surface area contributed by atoms with Crippen LogP contribution in [-0.2, 0) is 6.42 Å². The second-order valence-corrected chi connectivity index (χ2v) is 6.41. The minimum Gasteiger partial charge on any atom is -0.192 e. The van der Waals surface area contributed by atoms with Gasteiger partial charge >= 0.3 is 0 Å². The third kappa shape index (κ3) is 2.85. The quantitative estimate of drug-likeness (QED) is 0.766. The maximum absolute atomic E-state index is 8.79. The number of aryl methyl sites for hydroxylation is 1. The molecule has 3 rings (SSSR count). The molecular weight excluding hydrogens is 242 g/mol. The van der Waals surface area contributed by atoms with E-state index in [0.717, 1.165) is 24.3 Å². The van der Waals surface area contributed by atoms with E-state index in [-0.39, 0.29) is 0 Å². The first-order valence-electron chi connectivity index (χ1n) is 7.57. The molecule has 1 heteroatoms. The molecule has 1 unspecified atom stereocenters. The van der Waals surface area contributed by atoms with Crippen LogP contribution in [0.1, 0.15) is 43.7 Å². The lowest BCUT2D eigenvalue weighted by molar-refractivity contribution is 0.365. The van der Waals surface area contributed by atoms with Crippen molar-refractivity contribution in [3.05, 3.63) is 59.2 Å². The van der Waals surface area contributed by atoms with Crippen molar-refractivity contribution in [2.45, 2.75) is 39.0 Å². The van der Waals surface area contributed by atoms with Crippen molar-refractivity contribution in [1.82, 2.24) is 0 Å². The molecule has 1 saturated carbocycles. The van der Waals surface area contributed by atoms with Gasteiger partial charge in [0, 0.05) is 0 Å². The zero-order valence-electron chi connectivity index (χ0n) is 12.1. The molecule has 0 N–H and O–H groups in total. The van der Waals surface area contributed by atoms with E-state index in [4.69, 9.17) is 5.26 Å². The predicted molar refractivity (Wildman–Crippen MR) is 82.1 cm³/mol. The monoisotopic (exact) mass is 263 g/mol. The first kappa shape index (κ1) is 13.2. The average molecular weight is 263 g/mol. The second-order valence-electron chi connectivity index (χ2n) is 6.41. The van der Waals surface area contributed by atoms with Crippen LogP contribution in [0.25, 0.3) is 0 Å². The summed E-state index contributed by atoms with van der Waals surface area (Å²) in [5.41, 5.74) is 3.95. The maximum atomic E-state index is 8.79. The van der Waals surface area contributed by atoms with Crippen LogP contribution in [0.2, 0.25) is 0 Å². The third-order valence-electron chi connectivity index (χ3n) is 4.78. The lowest BCUT2D eigenvalue weighted by Crippen LogP contribution is -2.17. The van der Waals surface area contributed by atoms with Crippen LogP contribution in [0.3, 0.4) is 0 Å². The van der Waals surface area contributed by atoms with Crippen molar-refractivity contribution >= 4 is 0 Å². The molecule has 0 amide bonds. The standard InChI is InChI=1S/C19H21N/c1-19(18-8-9-18)12-10-16(11-13-19)3-2-15-4-6-17(14-20)7-5-15/h4-7,10-12,18H,2-3,8-9,13H2,1H3. The van der Waals surface area contributed by atoms with Gasteiger partial charge in [0.1, 0.15) is 0 Å². The van der Waals surface area contributed by atoms with Crippen LogP contribution >= 0.6 is 0 Å². The fourth-order valence-electron chi connectivity index (χ4n) is 3.05. The second kappa shape index (κ2) is 5.29. The molecule has 2 aliphatic rings. The third-order valence-corrected chi connectivity index (χ3v) is 4.78. The number of nitriles is 1. The van der Waals surface area contributed by atoms with Crippen molar-refractivity contribution < 1.29 is 0 Å². The van der Waals surface area contributed by atoms with Crippen molar-refractivity contribution in [2.75, 3.05) is 0 Å². The van der Waals surface area contributed by atoms with Crippen LogP contribution in [-0.4, -0.2) is 0 Å². The van der Waals surface area contributed by atoms with E-state index in [1.54, 1.807) is 0 Å². The van der Waals surface area contributed by atoms with Gasteiger partial charge in [-0.2, -0.15) is 5.26 Å². The normalized spacial score (nSPS) is 25.1. The van der Waals surface area contributed by atoms with E-state index in [1.165, 1.54) is 30.4 Å². The number of allylic oxidation sites excluding steroid dienone is 4. The van der Waals surface area contributed by atoms with Gasteiger partial charge in [0.15, 0.2) is 0 Å². The number of nitrogens with zero attached hydrogens (tertiary/aromatic N) is 1. The van der Waals surface area contributed by atoms with Gasteiger partial charge in [-0.3, -0.25) is 0 Å². The Kier molecular flexibility index (Phi) is 3.49. The molecule has 1 atom stereocenters. The Morgan fingerprint density at radius 2 is 1.95 bits per heavy atom. The highest BCUT2D eigenvalue weighted by molar-refractivity contribution is 5.33. The first-order valence-corrected chi connectivity index (χ1v) is 7.57. The first-order chi connectivity index (χ1) is 9.69. The summed E-state index contributed by atoms with van der Waals surface area (Å²) in [6.45, 7) is 2.40. The van der Waals surface area contributed by atoms with Gasteiger partial charge in [-0.15, -0.1) is 0 Å². The molecule has 20 heavy (non-hydrogen) atoms. The fourth-order valence-corrected chi connectivity index (χ4v) is 3.05. The fraction of sp³-hybridized carbons (Fsp3) is 0.421. The molecule has 0 bridgehead atoms. The lowest BCUT2D eigenvalue weighted by Gasteiger charge is -2.28. The van der Waals surface area contributed by atoms with Gasteiger partial charge in [0.2, 0.25) is 0 Å². The van der Waals surface area contributed by atoms with Crippen molar-refractivity contribution in [3.63, 3.8) is 0 Å². The van der Waals surface area contributed by atoms with Gasteiger partial charge in [-0.05, 0) is 61.1 Å². The summed E-state index contributed by atoms with van der Waals surface area (Å²) in [6.07, 6.45) is 13.4. The maximum Gasteiger partial charge on any atom is 0.0991 e. The summed E-state index contributed by atoms with van der Waals surface area (Å²) in [5, 5.41) is 8.79. The molecule has 0 spiro atoms. The number of rotatable bonds is 4. The molecule has 102 valence electrons. The van der Waals surface area contributed by atoms with Crippen molar-refractivity contribution in [3.8, 4) is 6.07 Å². The summed E-state index contributed by atoms with van der Waals surface area (Å²) in [7, 11) is 0. The van der Waals surface area contributed by atoms with Gasteiger partial charge in [0.25, 0.3) is 0 Å². The van der Waals surface area contributed by atoms with Gasteiger partial charge in [-0.25, -0.2) is 0 Å². The highest BCUT2D eigenvalue weighted by Gasteiger charge is 2.39. The summed E-state index contributed by atoms with van der Waals surface area (Å²) in [5.74, 6) is 0.926. The summed E-state index contributed by atoms with van der Waals surface area (Å²) >= 11 is 0. The summed E-state index contributed by atoms with van der Waals surface area (Å²) in [4.78, 5) is 0. The lowest BCUT2D eigenvalue weighted by atomic mass is 9.77. The smallest absolute Gasteiger partial charge is 0.0991 e. The largest absolute Gasteiger partial charge is 0.192 e. The Balaban J connectivity index is 1.55. The van der Waals surface area contributed by atoms with Crippen molar-refractivity contribution in [1.29, 1.82) is 5.26 Å². The molecule has 1 aromatic carbocycles. The molecule has 0 aliphatic heterocycles. The highest BCUT2D eigenvalue weighted by atomic mass is 14.4. The SMILES string of the molecule is CC1(C2CC2)C=CC(CCc2ccc(C#N)cc2)=CC1. The number of benzene rings is 1. The Hall–Kier alpha value is -1.81. The topological polar surface area (TPSA) is 23.8 Å². The Morgan fingerprint density at radius 3 is 2.50 bits per heavy atom. The van der Waals surface area contributed by atoms with Crippen LogP contribution in [0, 0.1) is 22.7 Å².